The quantitative estimate of drug-likeness (QED) is 0.603. The summed E-state index contributed by atoms with van der Waals surface area (Å²) in [5, 5.41) is 3.62. The standard InChI is InChI=1S/C17H30N2O/c1-4-7-9-14(8-5-2)19-15-10-11-16(18)17(13-15)20-12-6-3/h10-11,13-14,19H,4-9,12,18H2,1-3H3. The second-order valence-corrected chi connectivity index (χ2v) is 5.37. The van der Waals surface area contributed by atoms with Gasteiger partial charge in [-0.2, -0.15) is 0 Å². The molecule has 0 radical (unpaired) electrons. The molecule has 0 aliphatic carbocycles. The molecule has 0 aromatic heterocycles. The van der Waals surface area contributed by atoms with Gasteiger partial charge in [-0.15, -0.1) is 0 Å². The average Bonchev–Trinajstić information content (AvgIpc) is 2.45. The van der Waals surface area contributed by atoms with E-state index in [0.717, 1.165) is 17.9 Å². The molecule has 20 heavy (non-hydrogen) atoms. The van der Waals surface area contributed by atoms with Crippen LogP contribution in [0.1, 0.15) is 59.3 Å². The molecule has 114 valence electrons. The molecule has 0 aliphatic heterocycles. The molecule has 1 atom stereocenters. The lowest BCUT2D eigenvalue weighted by Gasteiger charge is -2.20. The second-order valence-electron chi connectivity index (χ2n) is 5.37. The third-order valence-corrected chi connectivity index (χ3v) is 3.39. The van der Waals surface area contributed by atoms with Crippen LogP contribution >= 0.6 is 0 Å². The smallest absolute Gasteiger partial charge is 0.144 e. The molecule has 3 N–H and O–H groups in total. The first-order chi connectivity index (χ1) is 9.71. The van der Waals surface area contributed by atoms with E-state index in [9.17, 15) is 0 Å². The summed E-state index contributed by atoms with van der Waals surface area (Å²) >= 11 is 0. The van der Waals surface area contributed by atoms with E-state index in [1.54, 1.807) is 0 Å². The highest BCUT2D eigenvalue weighted by molar-refractivity contribution is 5.61. The number of anilines is 2. The maximum atomic E-state index is 5.95. The first-order valence-corrected chi connectivity index (χ1v) is 8.00. The summed E-state index contributed by atoms with van der Waals surface area (Å²) in [7, 11) is 0. The maximum Gasteiger partial charge on any atom is 0.144 e. The normalized spacial score (nSPS) is 12.2. The highest BCUT2D eigenvalue weighted by Crippen LogP contribution is 2.27. The van der Waals surface area contributed by atoms with Gasteiger partial charge in [-0.1, -0.05) is 40.0 Å². The van der Waals surface area contributed by atoms with Crippen molar-refractivity contribution < 1.29 is 4.74 Å². The second kappa shape index (κ2) is 9.51. The highest BCUT2D eigenvalue weighted by atomic mass is 16.5. The molecule has 1 aromatic rings. The molecule has 0 spiro atoms. The summed E-state index contributed by atoms with van der Waals surface area (Å²) in [5.41, 5.74) is 7.77. The van der Waals surface area contributed by atoms with Gasteiger partial charge in [0.25, 0.3) is 0 Å². The Morgan fingerprint density at radius 1 is 1.10 bits per heavy atom. The molecule has 1 unspecified atom stereocenters. The summed E-state index contributed by atoms with van der Waals surface area (Å²) in [6, 6.07) is 6.54. The van der Waals surface area contributed by atoms with Crippen LogP contribution in [0.15, 0.2) is 18.2 Å². The van der Waals surface area contributed by atoms with Gasteiger partial charge in [-0.05, 0) is 31.4 Å². The van der Waals surface area contributed by atoms with Gasteiger partial charge in [0, 0.05) is 17.8 Å². The Morgan fingerprint density at radius 2 is 1.90 bits per heavy atom. The van der Waals surface area contributed by atoms with Crippen molar-refractivity contribution in [1.82, 2.24) is 0 Å². The van der Waals surface area contributed by atoms with E-state index >= 15 is 0 Å². The number of nitrogens with two attached hydrogens (primary N) is 1. The Morgan fingerprint density at radius 3 is 2.55 bits per heavy atom. The van der Waals surface area contributed by atoms with Crippen LogP contribution in [-0.4, -0.2) is 12.6 Å². The molecule has 0 heterocycles. The van der Waals surface area contributed by atoms with Gasteiger partial charge in [-0.3, -0.25) is 0 Å². The zero-order valence-corrected chi connectivity index (χ0v) is 13.2. The topological polar surface area (TPSA) is 47.3 Å². The Bertz CT molecular complexity index is 379. The van der Waals surface area contributed by atoms with Crippen LogP contribution in [0.2, 0.25) is 0 Å². The molecule has 1 rings (SSSR count). The summed E-state index contributed by atoms with van der Waals surface area (Å²) in [6.45, 7) is 7.28. The third kappa shape index (κ3) is 5.72. The van der Waals surface area contributed by atoms with Crippen LogP contribution in [0.25, 0.3) is 0 Å². The van der Waals surface area contributed by atoms with Crippen LogP contribution in [0.5, 0.6) is 5.75 Å². The molecule has 1 aromatic carbocycles. The predicted octanol–water partition coefficient (Wildman–Crippen LogP) is 4.83. The van der Waals surface area contributed by atoms with Gasteiger partial charge in [0.15, 0.2) is 0 Å². The number of nitrogens with one attached hydrogen (secondary N) is 1. The minimum Gasteiger partial charge on any atom is -0.491 e. The number of benzene rings is 1. The van der Waals surface area contributed by atoms with Gasteiger partial charge >= 0.3 is 0 Å². The average molecular weight is 278 g/mol. The van der Waals surface area contributed by atoms with E-state index in [1.807, 2.05) is 18.2 Å². The Hall–Kier alpha value is -1.38. The van der Waals surface area contributed by atoms with Crippen molar-refractivity contribution >= 4 is 11.4 Å². The number of nitrogen functional groups attached to an aromatic ring is 1. The number of ether oxygens (including phenoxy) is 1. The van der Waals surface area contributed by atoms with E-state index in [4.69, 9.17) is 10.5 Å². The molecule has 0 amide bonds. The van der Waals surface area contributed by atoms with E-state index in [1.165, 1.54) is 32.1 Å². The van der Waals surface area contributed by atoms with E-state index in [-0.39, 0.29) is 0 Å². The Labute approximate surface area is 123 Å². The minimum absolute atomic E-state index is 0.544. The molecule has 3 nitrogen and oxygen atoms in total. The zero-order valence-electron chi connectivity index (χ0n) is 13.2. The van der Waals surface area contributed by atoms with Gasteiger partial charge in [0.05, 0.1) is 12.3 Å². The fraction of sp³-hybridized carbons (Fsp3) is 0.647. The number of unbranched alkanes of at least 4 members (excludes halogenated alkanes) is 1. The molecule has 0 saturated heterocycles. The highest BCUT2D eigenvalue weighted by Gasteiger charge is 2.09. The monoisotopic (exact) mass is 278 g/mol. The fourth-order valence-corrected chi connectivity index (χ4v) is 2.28. The van der Waals surface area contributed by atoms with Crippen molar-refractivity contribution in [2.75, 3.05) is 17.7 Å². The lowest BCUT2D eigenvalue weighted by Crippen LogP contribution is -2.19. The number of hydrogen-bond acceptors (Lipinski definition) is 3. The summed E-state index contributed by atoms with van der Waals surface area (Å²) < 4.78 is 5.68. The first kappa shape index (κ1) is 16.7. The van der Waals surface area contributed by atoms with Crippen LogP contribution in [0.4, 0.5) is 11.4 Å². The number of rotatable bonds is 10. The Kier molecular flexibility index (Phi) is 7.93. The van der Waals surface area contributed by atoms with Crippen LogP contribution in [-0.2, 0) is 0 Å². The largest absolute Gasteiger partial charge is 0.491 e. The fourth-order valence-electron chi connectivity index (χ4n) is 2.28. The Balaban J connectivity index is 2.68. The van der Waals surface area contributed by atoms with Gasteiger partial charge in [0.1, 0.15) is 5.75 Å². The molecule has 0 aliphatic rings. The van der Waals surface area contributed by atoms with Crippen LogP contribution < -0.4 is 15.8 Å². The third-order valence-electron chi connectivity index (χ3n) is 3.39. The van der Waals surface area contributed by atoms with E-state index in [2.05, 4.69) is 26.1 Å². The molecule has 0 fully saturated rings. The summed E-state index contributed by atoms with van der Waals surface area (Å²) in [4.78, 5) is 0. The van der Waals surface area contributed by atoms with E-state index < -0.39 is 0 Å². The van der Waals surface area contributed by atoms with Crippen molar-refractivity contribution in [3.05, 3.63) is 18.2 Å². The lowest BCUT2D eigenvalue weighted by molar-refractivity contribution is 0.319. The minimum atomic E-state index is 0.544. The van der Waals surface area contributed by atoms with Crippen molar-refractivity contribution in [1.29, 1.82) is 0 Å². The summed E-state index contributed by atoms with van der Waals surface area (Å²) in [5.74, 6) is 0.794. The van der Waals surface area contributed by atoms with Crippen molar-refractivity contribution in [3.8, 4) is 5.75 Å². The summed E-state index contributed by atoms with van der Waals surface area (Å²) in [6.07, 6.45) is 7.14. The maximum absolute atomic E-state index is 5.95. The predicted molar refractivity (Wildman–Crippen MR) is 88.5 cm³/mol. The van der Waals surface area contributed by atoms with Gasteiger partial charge in [-0.25, -0.2) is 0 Å². The lowest BCUT2D eigenvalue weighted by atomic mass is 10.0. The first-order valence-electron chi connectivity index (χ1n) is 8.00. The molecule has 0 saturated carbocycles. The van der Waals surface area contributed by atoms with Gasteiger partial charge in [0.2, 0.25) is 0 Å². The molecule has 3 heteroatoms. The molecular formula is C17H30N2O. The van der Waals surface area contributed by atoms with Crippen molar-refractivity contribution in [2.24, 2.45) is 0 Å². The molecule has 0 bridgehead atoms. The van der Waals surface area contributed by atoms with E-state index in [0.29, 0.717) is 18.3 Å². The van der Waals surface area contributed by atoms with Crippen LogP contribution in [0, 0.1) is 0 Å². The SMILES string of the molecule is CCCCC(CCC)Nc1ccc(N)c(OCCC)c1. The molecular weight excluding hydrogens is 248 g/mol. The zero-order chi connectivity index (χ0) is 14.8. The van der Waals surface area contributed by atoms with Crippen molar-refractivity contribution in [2.45, 2.75) is 65.3 Å². The van der Waals surface area contributed by atoms with Gasteiger partial charge < -0.3 is 15.8 Å². The van der Waals surface area contributed by atoms with Crippen LogP contribution in [0.3, 0.4) is 0 Å². The van der Waals surface area contributed by atoms with Crippen molar-refractivity contribution in [3.63, 3.8) is 0 Å². The number of hydrogen-bond donors (Lipinski definition) is 2.